The van der Waals surface area contributed by atoms with Gasteiger partial charge in [0.15, 0.2) is 10.6 Å². The second-order valence-corrected chi connectivity index (χ2v) is 13.9. The van der Waals surface area contributed by atoms with Crippen molar-refractivity contribution in [3.8, 4) is 5.69 Å². The van der Waals surface area contributed by atoms with Crippen molar-refractivity contribution in [3.63, 3.8) is 0 Å². The summed E-state index contributed by atoms with van der Waals surface area (Å²) >= 11 is -1.58. The average molecular weight is 670 g/mol. The number of fused-ring (bicyclic) bond motifs is 1. The van der Waals surface area contributed by atoms with Crippen LogP contribution >= 0.6 is 0 Å². The monoisotopic (exact) mass is 669 g/mol. The van der Waals surface area contributed by atoms with Crippen molar-refractivity contribution >= 4 is 28.9 Å². The molecule has 2 N–H and O–H groups in total. The molecular weight excluding hydrogens is 623 g/mol. The van der Waals surface area contributed by atoms with Gasteiger partial charge in [-0.1, -0.05) is 63.1 Å². The third-order valence-electron chi connectivity index (χ3n) is 8.99. The first kappa shape index (κ1) is 35.2. The molecule has 10 heteroatoms. The van der Waals surface area contributed by atoms with Crippen LogP contribution in [0.25, 0.3) is 5.69 Å². The number of hydrogen-bond acceptors (Lipinski definition) is 6. The predicted molar refractivity (Wildman–Crippen MR) is 191 cm³/mol. The van der Waals surface area contributed by atoms with Crippen LogP contribution in [0.2, 0.25) is 0 Å². The summed E-state index contributed by atoms with van der Waals surface area (Å²) in [5, 5.41) is 15.2. The van der Waals surface area contributed by atoms with E-state index in [0.717, 1.165) is 47.9 Å². The van der Waals surface area contributed by atoms with Crippen LogP contribution in [0.1, 0.15) is 88.3 Å². The molecule has 5 rings (SSSR count). The molecule has 0 bridgehead atoms. The Morgan fingerprint density at radius 1 is 0.979 bits per heavy atom. The maximum absolute atomic E-state index is 14.6. The maximum Gasteiger partial charge on any atom is 0.274 e. The lowest BCUT2D eigenvalue weighted by molar-refractivity contribution is 0.0544. The summed E-state index contributed by atoms with van der Waals surface area (Å²) in [6.45, 7) is 11.5. The standard InChI is InChI=1S/C38H47N5O4S/c1-6-8-18-41(19-9-7-2)38(46)34-21-28(5)43(39-34)35-17-16-31(40-48(47)36-20-26(3)14-15-27(36)4)23-33(35)37(45)42-24-30-13-11-10-12-29(30)22-32(42)25-44/h10-17,20-21,23,32,40,44H,6-9,18-19,22,24-25H2,1-5H3/t32-,48?/m0/s1. The molecule has 2 heterocycles. The molecular formula is C38H47N5O4S. The number of benzene rings is 3. The Hall–Kier alpha value is -4.12. The van der Waals surface area contributed by atoms with Crippen molar-refractivity contribution in [2.75, 3.05) is 24.4 Å². The van der Waals surface area contributed by atoms with E-state index in [9.17, 15) is 19.2 Å². The molecule has 2 amide bonds. The van der Waals surface area contributed by atoms with Crippen molar-refractivity contribution in [3.05, 3.63) is 106 Å². The fourth-order valence-electron chi connectivity index (χ4n) is 6.17. The minimum absolute atomic E-state index is 0.123. The van der Waals surface area contributed by atoms with Gasteiger partial charge in [-0.15, -0.1) is 0 Å². The number of nitrogens with one attached hydrogen (secondary N) is 1. The molecule has 0 fully saturated rings. The van der Waals surface area contributed by atoms with Crippen LogP contribution in [0.3, 0.4) is 0 Å². The average Bonchev–Trinajstić information content (AvgIpc) is 3.49. The number of hydrogen-bond donors (Lipinski definition) is 2. The molecule has 9 nitrogen and oxygen atoms in total. The summed E-state index contributed by atoms with van der Waals surface area (Å²) in [6.07, 6.45) is 4.33. The molecule has 2 atom stereocenters. The number of aliphatic hydroxyl groups excluding tert-OH is 1. The van der Waals surface area contributed by atoms with Crippen LogP contribution < -0.4 is 4.72 Å². The summed E-state index contributed by atoms with van der Waals surface area (Å²) in [7, 11) is 0. The van der Waals surface area contributed by atoms with Crippen LogP contribution in [-0.2, 0) is 24.3 Å². The van der Waals surface area contributed by atoms with Crippen LogP contribution in [0, 0.1) is 20.8 Å². The Morgan fingerprint density at radius 2 is 1.69 bits per heavy atom. The first-order chi connectivity index (χ1) is 23.1. The summed E-state index contributed by atoms with van der Waals surface area (Å²) < 4.78 is 18.3. The fourth-order valence-corrected chi connectivity index (χ4v) is 7.27. The zero-order valence-electron chi connectivity index (χ0n) is 28.7. The van der Waals surface area contributed by atoms with E-state index in [1.54, 1.807) is 33.8 Å². The Bertz CT molecular complexity index is 1750. The second-order valence-electron chi connectivity index (χ2n) is 12.7. The number of aromatic nitrogens is 2. The first-order valence-corrected chi connectivity index (χ1v) is 18.0. The van der Waals surface area contributed by atoms with Gasteiger partial charge in [-0.2, -0.15) is 5.10 Å². The minimum atomic E-state index is -1.58. The molecule has 1 aliphatic heterocycles. The second kappa shape index (κ2) is 15.9. The van der Waals surface area contributed by atoms with Crippen molar-refractivity contribution in [2.24, 2.45) is 0 Å². The SMILES string of the molecule is CCCCN(CCCC)C(=O)c1cc(C)n(-c2ccc(N[S+]([O-])c3cc(C)ccc3C)cc2C(=O)N2Cc3ccccc3C[C@H]2CO)n1. The molecule has 1 aliphatic rings. The van der Waals surface area contributed by atoms with Gasteiger partial charge in [0.2, 0.25) is 0 Å². The van der Waals surface area contributed by atoms with Gasteiger partial charge in [-0.05, 0) is 87.1 Å². The minimum Gasteiger partial charge on any atom is -0.588 e. The number of aryl methyl sites for hydroxylation is 3. The van der Waals surface area contributed by atoms with E-state index in [0.29, 0.717) is 59.3 Å². The molecule has 4 aromatic rings. The Labute approximate surface area is 287 Å². The van der Waals surface area contributed by atoms with Crippen molar-refractivity contribution in [1.82, 2.24) is 19.6 Å². The Balaban J connectivity index is 1.55. The van der Waals surface area contributed by atoms with E-state index in [1.165, 1.54) is 0 Å². The topological polar surface area (TPSA) is 114 Å². The van der Waals surface area contributed by atoms with E-state index < -0.39 is 17.4 Å². The fraction of sp³-hybridized carbons (Fsp3) is 0.395. The molecule has 0 saturated carbocycles. The molecule has 254 valence electrons. The third kappa shape index (κ3) is 7.77. The van der Waals surface area contributed by atoms with Gasteiger partial charge in [0, 0.05) is 30.9 Å². The number of aliphatic hydroxyl groups is 1. The lowest BCUT2D eigenvalue weighted by Crippen LogP contribution is -2.46. The number of nitrogens with zero attached hydrogens (tertiary/aromatic N) is 4. The summed E-state index contributed by atoms with van der Waals surface area (Å²) in [5.41, 5.74) is 6.42. The summed E-state index contributed by atoms with van der Waals surface area (Å²) in [5.74, 6) is -0.406. The van der Waals surface area contributed by atoms with E-state index >= 15 is 0 Å². The quantitative estimate of drug-likeness (QED) is 0.157. The van der Waals surface area contributed by atoms with Gasteiger partial charge >= 0.3 is 0 Å². The Morgan fingerprint density at radius 3 is 2.38 bits per heavy atom. The number of carbonyl (C=O) groups excluding carboxylic acids is 2. The number of anilines is 1. The smallest absolute Gasteiger partial charge is 0.274 e. The highest BCUT2D eigenvalue weighted by Crippen LogP contribution is 2.30. The summed E-state index contributed by atoms with van der Waals surface area (Å²) in [6, 6.07) is 20.4. The van der Waals surface area contributed by atoms with Gasteiger partial charge in [0.05, 0.1) is 29.6 Å². The number of rotatable bonds is 13. The van der Waals surface area contributed by atoms with Gasteiger partial charge in [0.25, 0.3) is 11.8 Å². The molecule has 0 aliphatic carbocycles. The third-order valence-corrected chi connectivity index (χ3v) is 10.3. The highest BCUT2D eigenvalue weighted by atomic mass is 32.2. The molecule has 0 spiro atoms. The predicted octanol–water partition coefficient (Wildman–Crippen LogP) is 6.53. The molecule has 1 unspecified atom stereocenters. The first-order valence-electron chi connectivity index (χ1n) is 16.9. The lowest BCUT2D eigenvalue weighted by Gasteiger charge is -2.36. The molecule has 48 heavy (non-hydrogen) atoms. The van der Waals surface area contributed by atoms with Crippen LogP contribution in [0.5, 0.6) is 0 Å². The lowest BCUT2D eigenvalue weighted by atomic mass is 9.93. The maximum atomic E-state index is 14.6. The van der Waals surface area contributed by atoms with Crippen LogP contribution in [-0.4, -0.2) is 66.8 Å². The number of unbranched alkanes of at least 4 members (excludes halogenated alkanes) is 2. The normalized spacial score (nSPS) is 14.8. The Kier molecular flexibility index (Phi) is 11.6. The zero-order chi connectivity index (χ0) is 34.4. The summed E-state index contributed by atoms with van der Waals surface area (Å²) in [4.78, 5) is 32.5. The molecule has 0 radical (unpaired) electrons. The molecule has 1 aromatic heterocycles. The van der Waals surface area contributed by atoms with Crippen molar-refractivity contribution < 1.29 is 19.2 Å². The zero-order valence-corrected chi connectivity index (χ0v) is 29.5. The van der Waals surface area contributed by atoms with E-state index in [1.807, 2.05) is 68.1 Å². The molecule has 3 aromatic carbocycles. The van der Waals surface area contributed by atoms with Crippen LogP contribution in [0.15, 0.2) is 71.6 Å². The van der Waals surface area contributed by atoms with Crippen molar-refractivity contribution in [2.45, 2.75) is 84.2 Å². The highest BCUT2D eigenvalue weighted by molar-refractivity contribution is 7.92. The van der Waals surface area contributed by atoms with E-state index in [2.05, 4.69) is 18.6 Å². The number of amides is 2. The van der Waals surface area contributed by atoms with E-state index in [4.69, 9.17) is 5.10 Å². The van der Waals surface area contributed by atoms with E-state index in [-0.39, 0.29) is 18.4 Å². The van der Waals surface area contributed by atoms with Crippen molar-refractivity contribution in [1.29, 1.82) is 0 Å². The number of carbonyl (C=O) groups is 2. The van der Waals surface area contributed by atoms with Gasteiger partial charge < -0.3 is 19.5 Å². The van der Waals surface area contributed by atoms with Gasteiger partial charge in [-0.25, -0.2) is 9.40 Å². The molecule has 0 saturated heterocycles. The van der Waals surface area contributed by atoms with Gasteiger partial charge in [0.1, 0.15) is 11.4 Å². The largest absolute Gasteiger partial charge is 0.588 e. The highest BCUT2D eigenvalue weighted by Gasteiger charge is 2.32. The van der Waals surface area contributed by atoms with Gasteiger partial charge in [-0.3, -0.25) is 9.59 Å². The van der Waals surface area contributed by atoms with Crippen LogP contribution in [0.4, 0.5) is 5.69 Å².